The van der Waals surface area contributed by atoms with Crippen molar-refractivity contribution in [1.29, 1.82) is 0 Å². The number of likely N-dealkylation sites (N-methyl/N-ethyl adjacent to an activating group) is 1. The smallest absolute Gasteiger partial charge is 0.0373 e. The summed E-state index contributed by atoms with van der Waals surface area (Å²) in [5.74, 6) is 0. The number of hydrogen-bond donors (Lipinski definition) is 1. The van der Waals surface area contributed by atoms with Gasteiger partial charge in [0.25, 0.3) is 0 Å². The van der Waals surface area contributed by atoms with E-state index in [-0.39, 0.29) is 0 Å². The lowest BCUT2D eigenvalue weighted by atomic mass is 10.1. The van der Waals surface area contributed by atoms with Crippen LogP contribution in [-0.4, -0.2) is 19.6 Å². The Bertz CT molecular complexity index is 563. The summed E-state index contributed by atoms with van der Waals surface area (Å²) in [4.78, 5) is 2.44. The Hall–Kier alpha value is -1.96. The molecule has 0 fully saturated rings. The molecule has 0 bridgehead atoms. The molecule has 0 spiro atoms. The predicted octanol–water partition coefficient (Wildman–Crippen LogP) is 3.72. The highest BCUT2D eigenvalue weighted by atomic mass is 15.1. The molecule has 0 saturated carbocycles. The first-order valence-electron chi connectivity index (χ1n) is 7.52. The maximum atomic E-state index is 3.42. The molecule has 0 atom stereocenters. The second-order valence-corrected chi connectivity index (χ2v) is 5.33. The fourth-order valence-corrected chi connectivity index (χ4v) is 2.89. The van der Waals surface area contributed by atoms with Gasteiger partial charge in [0, 0.05) is 31.0 Å². The molecule has 1 aliphatic rings. The number of hydrogen-bond acceptors (Lipinski definition) is 2. The number of benzene rings is 2. The van der Waals surface area contributed by atoms with Crippen molar-refractivity contribution < 1.29 is 0 Å². The molecule has 2 nitrogen and oxygen atoms in total. The Kier molecular flexibility index (Phi) is 3.91. The minimum absolute atomic E-state index is 1.05. The number of anilines is 2. The van der Waals surface area contributed by atoms with Gasteiger partial charge in [-0.3, -0.25) is 0 Å². The Labute approximate surface area is 121 Å². The monoisotopic (exact) mass is 266 g/mol. The zero-order valence-electron chi connectivity index (χ0n) is 12.1. The van der Waals surface area contributed by atoms with E-state index in [1.807, 2.05) is 0 Å². The Balaban J connectivity index is 1.66. The van der Waals surface area contributed by atoms with Gasteiger partial charge in [-0.2, -0.15) is 0 Å². The molecule has 1 N–H and O–H groups in total. The molecule has 1 heterocycles. The zero-order valence-corrected chi connectivity index (χ0v) is 12.1. The summed E-state index contributed by atoms with van der Waals surface area (Å²) in [6.07, 6.45) is 2.27. The third-order valence-electron chi connectivity index (χ3n) is 4.05. The van der Waals surface area contributed by atoms with Crippen molar-refractivity contribution in [2.24, 2.45) is 0 Å². The first-order valence-corrected chi connectivity index (χ1v) is 7.52. The molecule has 2 heteroatoms. The highest BCUT2D eigenvalue weighted by Gasteiger charge is 2.10. The van der Waals surface area contributed by atoms with Crippen LogP contribution in [0.1, 0.15) is 18.1 Å². The van der Waals surface area contributed by atoms with Crippen molar-refractivity contribution in [1.82, 2.24) is 0 Å². The van der Waals surface area contributed by atoms with E-state index in [1.165, 1.54) is 28.9 Å². The van der Waals surface area contributed by atoms with Gasteiger partial charge in [-0.05, 0) is 49.1 Å². The van der Waals surface area contributed by atoms with Crippen molar-refractivity contribution in [3.8, 4) is 0 Å². The van der Waals surface area contributed by atoms with Crippen LogP contribution in [0.4, 0.5) is 11.4 Å². The van der Waals surface area contributed by atoms with E-state index in [0.717, 1.165) is 26.1 Å². The molecule has 0 unspecified atom stereocenters. The van der Waals surface area contributed by atoms with Gasteiger partial charge < -0.3 is 10.2 Å². The Morgan fingerprint density at radius 3 is 2.75 bits per heavy atom. The van der Waals surface area contributed by atoms with E-state index >= 15 is 0 Å². The second-order valence-electron chi connectivity index (χ2n) is 5.33. The van der Waals surface area contributed by atoms with Crippen molar-refractivity contribution >= 4 is 11.4 Å². The van der Waals surface area contributed by atoms with Gasteiger partial charge in [0.05, 0.1) is 0 Å². The lowest BCUT2D eigenvalue weighted by molar-refractivity contribution is 0.808. The van der Waals surface area contributed by atoms with Crippen LogP contribution in [0.15, 0.2) is 48.5 Å². The summed E-state index contributed by atoms with van der Waals surface area (Å²) in [7, 11) is 0. The van der Waals surface area contributed by atoms with Crippen molar-refractivity contribution in [3.05, 3.63) is 59.7 Å². The van der Waals surface area contributed by atoms with Crippen molar-refractivity contribution in [2.75, 3.05) is 29.9 Å². The van der Waals surface area contributed by atoms with Gasteiger partial charge in [-0.1, -0.05) is 30.3 Å². The minimum atomic E-state index is 1.05. The van der Waals surface area contributed by atoms with Crippen LogP contribution in [0.5, 0.6) is 0 Å². The quantitative estimate of drug-likeness (QED) is 0.887. The van der Waals surface area contributed by atoms with Gasteiger partial charge in [0.15, 0.2) is 0 Å². The molecule has 0 saturated heterocycles. The Morgan fingerprint density at radius 1 is 1.10 bits per heavy atom. The van der Waals surface area contributed by atoms with Crippen LogP contribution < -0.4 is 10.2 Å². The predicted molar refractivity (Wildman–Crippen MR) is 86.7 cm³/mol. The lowest BCUT2D eigenvalue weighted by Crippen LogP contribution is -2.25. The van der Waals surface area contributed by atoms with Crippen LogP contribution in [-0.2, 0) is 12.8 Å². The number of nitrogens with zero attached hydrogens (tertiary/aromatic N) is 1. The molecule has 104 valence electrons. The summed E-state index contributed by atoms with van der Waals surface area (Å²) in [6, 6.07) is 17.5. The highest BCUT2D eigenvalue weighted by molar-refractivity contribution is 5.56. The number of nitrogens with one attached hydrogen (secondary N) is 1. The third-order valence-corrected chi connectivity index (χ3v) is 4.05. The van der Waals surface area contributed by atoms with Crippen LogP contribution in [0.2, 0.25) is 0 Å². The van der Waals surface area contributed by atoms with Crippen LogP contribution in [0.3, 0.4) is 0 Å². The van der Waals surface area contributed by atoms with Crippen molar-refractivity contribution in [3.63, 3.8) is 0 Å². The van der Waals surface area contributed by atoms with Crippen LogP contribution in [0, 0.1) is 0 Å². The van der Waals surface area contributed by atoms with Gasteiger partial charge in [-0.25, -0.2) is 0 Å². The SMILES string of the molecule is CCN(CCc1ccc2c(c1)CCN2)c1ccccc1. The molecule has 20 heavy (non-hydrogen) atoms. The molecule has 2 aromatic rings. The molecule has 0 aromatic heterocycles. The van der Waals surface area contributed by atoms with Gasteiger partial charge in [0.1, 0.15) is 0 Å². The van der Waals surface area contributed by atoms with E-state index in [9.17, 15) is 0 Å². The average molecular weight is 266 g/mol. The maximum Gasteiger partial charge on any atom is 0.0373 e. The summed E-state index contributed by atoms with van der Waals surface area (Å²) < 4.78 is 0. The summed E-state index contributed by atoms with van der Waals surface area (Å²) in [6.45, 7) is 5.44. The fourth-order valence-electron chi connectivity index (χ4n) is 2.89. The summed E-state index contributed by atoms with van der Waals surface area (Å²) in [5.41, 5.74) is 5.56. The highest BCUT2D eigenvalue weighted by Crippen LogP contribution is 2.23. The Morgan fingerprint density at radius 2 is 1.95 bits per heavy atom. The number of rotatable bonds is 5. The third kappa shape index (κ3) is 2.79. The van der Waals surface area contributed by atoms with E-state index in [0.29, 0.717) is 0 Å². The van der Waals surface area contributed by atoms with Gasteiger partial charge >= 0.3 is 0 Å². The summed E-state index contributed by atoms with van der Waals surface area (Å²) in [5, 5.41) is 3.42. The van der Waals surface area contributed by atoms with Crippen LogP contribution >= 0.6 is 0 Å². The van der Waals surface area contributed by atoms with Crippen molar-refractivity contribution in [2.45, 2.75) is 19.8 Å². The molecule has 0 radical (unpaired) electrons. The van der Waals surface area contributed by atoms with Crippen LogP contribution in [0.25, 0.3) is 0 Å². The zero-order chi connectivity index (χ0) is 13.8. The normalized spacial score (nSPS) is 12.8. The maximum absolute atomic E-state index is 3.42. The molecule has 1 aliphatic heterocycles. The van der Waals surface area contributed by atoms with Gasteiger partial charge in [-0.15, -0.1) is 0 Å². The standard InChI is InChI=1S/C18H22N2/c1-2-20(17-6-4-3-5-7-17)13-11-15-8-9-18-16(14-15)10-12-19-18/h3-9,14,19H,2,10-13H2,1H3. The fraction of sp³-hybridized carbons (Fsp3) is 0.333. The first-order chi connectivity index (χ1) is 9.86. The second kappa shape index (κ2) is 6.00. The first kappa shape index (κ1) is 13.0. The topological polar surface area (TPSA) is 15.3 Å². The van der Waals surface area contributed by atoms with E-state index in [2.05, 4.69) is 65.7 Å². The molecule has 0 amide bonds. The number of para-hydroxylation sites is 1. The molecule has 2 aromatic carbocycles. The van der Waals surface area contributed by atoms with E-state index < -0.39 is 0 Å². The minimum Gasteiger partial charge on any atom is -0.384 e. The average Bonchev–Trinajstić information content (AvgIpc) is 2.96. The molecule has 0 aliphatic carbocycles. The van der Waals surface area contributed by atoms with Gasteiger partial charge in [0.2, 0.25) is 0 Å². The largest absolute Gasteiger partial charge is 0.384 e. The molecular weight excluding hydrogens is 244 g/mol. The van der Waals surface area contributed by atoms with E-state index in [1.54, 1.807) is 0 Å². The lowest BCUT2D eigenvalue weighted by Gasteiger charge is -2.23. The molecule has 3 rings (SSSR count). The number of fused-ring (bicyclic) bond motifs is 1. The summed E-state index contributed by atoms with van der Waals surface area (Å²) >= 11 is 0. The molecular formula is C18H22N2. The van der Waals surface area contributed by atoms with E-state index in [4.69, 9.17) is 0 Å².